The molecular formula is C21H19FNO2-. The van der Waals surface area contributed by atoms with Crippen LogP contribution in [0.4, 0.5) is 10.1 Å². The second-order valence-electron chi connectivity index (χ2n) is 7.67. The third kappa shape index (κ3) is 2.13. The summed E-state index contributed by atoms with van der Waals surface area (Å²) in [6.45, 7) is 0. The molecule has 2 aromatic carbocycles. The highest BCUT2D eigenvalue weighted by Gasteiger charge is 2.54. The Morgan fingerprint density at radius 3 is 2.68 bits per heavy atom. The normalized spacial score (nSPS) is 32.0. The van der Waals surface area contributed by atoms with Crippen LogP contribution >= 0.6 is 0 Å². The molecule has 0 saturated heterocycles. The summed E-state index contributed by atoms with van der Waals surface area (Å²) in [7, 11) is 0. The molecule has 25 heavy (non-hydrogen) atoms. The zero-order chi connectivity index (χ0) is 17.1. The van der Waals surface area contributed by atoms with E-state index in [2.05, 4.69) is 5.32 Å². The molecule has 128 valence electrons. The molecule has 4 heteroatoms. The number of carbonyl (C=O) groups is 1. The Labute approximate surface area is 145 Å². The molecule has 2 bridgehead atoms. The minimum atomic E-state index is -1.14. The van der Waals surface area contributed by atoms with Crippen LogP contribution in [-0.2, 0) is 0 Å². The third-order valence-corrected chi connectivity index (χ3v) is 6.56. The Morgan fingerprint density at radius 1 is 1.08 bits per heavy atom. The Hall–Kier alpha value is -2.36. The molecule has 2 saturated carbocycles. The minimum absolute atomic E-state index is 0.0530. The van der Waals surface area contributed by atoms with Crippen molar-refractivity contribution in [3.8, 4) is 0 Å². The minimum Gasteiger partial charge on any atom is -0.545 e. The summed E-state index contributed by atoms with van der Waals surface area (Å²) in [5, 5.41) is 14.8. The first-order chi connectivity index (χ1) is 12.1. The summed E-state index contributed by atoms with van der Waals surface area (Å²) in [6.07, 6.45) is 3.54. The van der Waals surface area contributed by atoms with Gasteiger partial charge in [-0.05, 0) is 72.3 Å². The van der Waals surface area contributed by atoms with Gasteiger partial charge in [0, 0.05) is 11.3 Å². The van der Waals surface area contributed by atoms with E-state index in [1.807, 2.05) is 18.2 Å². The molecular weight excluding hydrogens is 317 g/mol. The third-order valence-electron chi connectivity index (χ3n) is 6.56. The smallest absolute Gasteiger partial charge is 0.128 e. The lowest BCUT2D eigenvalue weighted by Gasteiger charge is -2.43. The lowest BCUT2D eigenvalue weighted by molar-refractivity contribution is -0.255. The fourth-order valence-electron chi connectivity index (χ4n) is 5.65. The predicted molar refractivity (Wildman–Crippen MR) is 90.6 cm³/mol. The van der Waals surface area contributed by atoms with Gasteiger partial charge in [0.25, 0.3) is 0 Å². The average Bonchev–Trinajstić information content (AvgIpc) is 3.23. The Kier molecular flexibility index (Phi) is 3.18. The highest BCUT2D eigenvalue weighted by Crippen LogP contribution is 2.63. The second-order valence-corrected chi connectivity index (χ2v) is 7.67. The van der Waals surface area contributed by atoms with Crippen LogP contribution in [0.1, 0.15) is 52.7 Å². The van der Waals surface area contributed by atoms with E-state index >= 15 is 0 Å². The van der Waals surface area contributed by atoms with Crippen LogP contribution in [0.25, 0.3) is 0 Å². The molecule has 0 radical (unpaired) electrons. The molecule has 2 aliphatic carbocycles. The first-order valence-electron chi connectivity index (χ1n) is 8.99. The maximum absolute atomic E-state index is 14.5. The number of fused-ring (bicyclic) bond motifs is 7. The number of benzene rings is 2. The maximum Gasteiger partial charge on any atom is 0.128 e. The van der Waals surface area contributed by atoms with Crippen molar-refractivity contribution in [1.29, 1.82) is 0 Å². The van der Waals surface area contributed by atoms with Crippen molar-refractivity contribution in [2.24, 2.45) is 17.8 Å². The van der Waals surface area contributed by atoms with Crippen LogP contribution in [0.15, 0.2) is 42.5 Å². The molecule has 5 rings (SSSR count). The molecule has 5 atom stereocenters. The highest BCUT2D eigenvalue weighted by atomic mass is 19.1. The SMILES string of the molecule is O=C([O-])c1ccc2c(c1)[C@H]1[C@H]3CC[C@@H](C3)[C@H]1[C@H](c1ccccc1F)N2. The van der Waals surface area contributed by atoms with Gasteiger partial charge in [-0.3, -0.25) is 0 Å². The molecule has 0 amide bonds. The molecule has 3 nitrogen and oxygen atoms in total. The predicted octanol–water partition coefficient (Wildman–Crippen LogP) is 3.49. The van der Waals surface area contributed by atoms with Gasteiger partial charge in [-0.15, -0.1) is 0 Å². The number of hydrogen-bond acceptors (Lipinski definition) is 3. The van der Waals surface area contributed by atoms with Crippen LogP contribution < -0.4 is 10.4 Å². The fourth-order valence-corrected chi connectivity index (χ4v) is 5.65. The molecule has 1 heterocycles. The Balaban J connectivity index is 1.65. The van der Waals surface area contributed by atoms with Gasteiger partial charge in [-0.2, -0.15) is 0 Å². The zero-order valence-electron chi connectivity index (χ0n) is 13.7. The topological polar surface area (TPSA) is 52.2 Å². The molecule has 0 unspecified atom stereocenters. The van der Waals surface area contributed by atoms with Gasteiger partial charge >= 0.3 is 0 Å². The van der Waals surface area contributed by atoms with E-state index in [0.717, 1.165) is 23.2 Å². The summed E-state index contributed by atoms with van der Waals surface area (Å²) < 4.78 is 14.5. The van der Waals surface area contributed by atoms with Crippen LogP contribution in [0.2, 0.25) is 0 Å². The zero-order valence-corrected chi connectivity index (χ0v) is 13.7. The quantitative estimate of drug-likeness (QED) is 0.913. The van der Waals surface area contributed by atoms with E-state index in [4.69, 9.17) is 0 Å². The van der Waals surface area contributed by atoms with Gasteiger partial charge < -0.3 is 15.2 Å². The molecule has 0 spiro atoms. The van der Waals surface area contributed by atoms with Crippen molar-refractivity contribution in [2.75, 3.05) is 5.32 Å². The van der Waals surface area contributed by atoms with Crippen molar-refractivity contribution in [3.05, 3.63) is 65.0 Å². The van der Waals surface area contributed by atoms with Gasteiger partial charge in [0.2, 0.25) is 0 Å². The fraction of sp³-hybridized carbons (Fsp3) is 0.381. The Morgan fingerprint density at radius 2 is 1.88 bits per heavy atom. The number of carbonyl (C=O) groups excluding carboxylic acids is 1. The van der Waals surface area contributed by atoms with Crippen molar-refractivity contribution >= 4 is 11.7 Å². The van der Waals surface area contributed by atoms with Crippen LogP contribution in [0, 0.1) is 23.6 Å². The maximum atomic E-state index is 14.5. The molecule has 1 aliphatic heterocycles. The van der Waals surface area contributed by atoms with E-state index in [1.165, 1.54) is 18.9 Å². The number of nitrogens with one attached hydrogen (secondary N) is 1. The van der Waals surface area contributed by atoms with E-state index in [0.29, 0.717) is 23.7 Å². The van der Waals surface area contributed by atoms with Crippen molar-refractivity contribution in [1.82, 2.24) is 0 Å². The van der Waals surface area contributed by atoms with Gasteiger partial charge in [0.05, 0.1) is 12.0 Å². The number of carboxylic acid groups (broad SMARTS) is 1. The van der Waals surface area contributed by atoms with Crippen LogP contribution in [0.5, 0.6) is 0 Å². The Bertz CT molecular complexity index is 865. The number of rotatable bonds is 2. The van der Waals surface area contributed by atoms with Gasteiger partial charge in [0.1, 0.15) is 5.82 Å². The van der Waals surface area contributed by atoms with E-state index in [-0.39, 0.29) is 17.4 Å². The van der Waals surface area contributed by atoms with Gasteiger partial charge in [-0.1, -0.05) is 24.3 Å². The van der Waals surface area contributed by atoms with Crippen LogP contribution in [0.3, 0.4) is 0 Å². The van der Waals surface area contributed by atoms with Crippen LogP contribution in [-0.4, -0.2) is 5.97 Å². The first kappa shape index (κ1) is 14.9. The van der Waals surface area contributed by atoms with Crippen molar-refractivity contribution < 1.29 is 14.3 Å². The standard InChI is InChI=1S/C21H20FNO2/c22-16-4-2-1-3-14(16)20-19-12-6-5-11(9-12)18(19)15-10-13(21(24)25)7-8-17(15)23-20/h1-4,7-8,10-12,18-20,23H,5-6,9H2,(H,24,25)/p-1/t11-,12-,18+,19+,20-/m0/s1. The summed E-state index contributed by atoms with van der Waals surface area (Å²) in [5.41, 5.74) is 2.96. The average molecular weight is 336 g/mol. The van der Waals surface area contributed by atoms with E-state index < -0.39 is 5.97 Å². The largest absolute Gasteiger partial charge is 0.545 e. The summed E-state index contributed by atoms with van der Waals surface area (Å²) in [6, 6.07) is 12.1. The van der Waals surface area contributed by atoms with Crippen molar-refractivity contribution in [3.63, 3.8) is 0 Å². The summed E-state index contributed by atoms with van der Waals surface area (Å²) in [4.78, 5) is 11.3. The second kappa shape index (κ2) is 5.32. The number of carboxylic acids is 1. The molecule has 1 N–H and O–H groups in total. The number of halogens is 1. The first-order valence-corrected chi connectivity index (χ1v) is 8.99. The van der Waals surface area contributed by atoms with E-state index in [9.17, 15) is 14.3 Å². The van der Waals surface area contributed by atoms with Gasteiger partial charge in [-0.25, -0.2) is 4.39 Å². The number of hydrogen-bond donors (Lipinski definition) is 1. The number of anilines is 1. The number of aromatic carboxylic acids is 1. The lowest BCUT2D eigenvalue weighted by atomic mass is 9.68. The summed E-state index contributed by atoms with van der Waals surface area (Å²) >= 11 is 0. The lowest BCUT2D eigenvalue weighted by Crippen LogP contribution is -2.36. The molecule has 2 aromatic rings. The van der Waals surface area contributed by atoms with Gasteiger partial charge in [0.15, 0.2) is 0 Å². The molecule has 0 aromatic heterocycles. The molecule has 2 fully saturated rings. The van der Waals surface area contributed by atoms with Crippen molar-refractivity contribution in [2.45, 2.75) is 31.2 Å². The molecule has 3 aliphatic rings. The summed E-state index contributed by atoms with van der Waals surface area (Å²) in [5.74, 6) is 0.461. The van der Waals surface area contributed by atoms with E-state index in [1.54, 1.807) is 18.2 Å². The monoisotopic (exact) mass is 336 g/mol. The highest BCUT2D eigenvalue weighted by molar-refractivity contribution is 5.87.